The first-order valence-electron chi connectivity index (χ1n) is 5.12. The van der Waals surface area contributed by atoms with Crippen molar-refractivity contribution in [2.45, 2.75) is 12.8 Å². The zero-order chi connectivity index (χ0) is 9.80. The predicted molar refractivity (Wildman–Crippen MR) is 55.1 cm³/mol. The average Bonchev–Trinajstić information content (AvgIpc) is 2.30. The third-order valence-electron chi connectivity index (χ3n) is 2.81. The summed E-state index contributed by atoms with van der Waals surface area (Å²) in [4.78, 5) is 6.51. The lowest BCUT2D eigenvalue weighted by Crippen LogP contribution is -2.34. The molecule has 1 saturated heterocycles. The molecule has 1 aliphatic rings. The van der Waals surface area contributed by atoms with Crippen molar-refractivity contribution < 1.29 is 4.39 Å². The molecule has 2 nitrogen and oxygen atoms in total. The third-order valence-corrected chi connectivity index (χ3v) is 2.81. The van der Waals surface area contributed by atoms with Crippen molar-refractivity contribution in [3.63, 3.8) is 0 Å². The molecule has 0 aromatic carbocycles. The highest BCUT2D eigenvalue weighted by atomic mass is 19.1. The number of hydrogen-bond donors (Lipinski definition) is 0. The molecule has 0 saturated carbocycles. The summed E-state index contributed by atoms with van der Waals surface area (Å²) in [5.74, 6) is 1.29. The van der Waals surface area contributed by atoms with E-state index in [0.29, 0.717) is 0 Å². The van der Waals surface area contributed by atoms with Gasteiger partial charge in [0.2, 0.25) is 0 Å². The summed E-state index contributed by atoms with van der Waals surface area (Å²) in [7, 11) is 0. The molecule has 0 amide bonds. The van der Waals surface area contributed by atoms with Gasteiger partial charge < -0.3 is 4.90 Å². The fourth-order valence-corrected chi connectivity index (χ4v) is 1.86. The molecule has 1 aliphatic heterocycles. The first-order chi connectivity index (χ1) is 6.90. The van der Waals surface area contributed by atoms with E-state index in [9.17, 15) is 4.39 Å². The van der Waals surface area contributed by atoms with Crippen LogP contribution in [0, 0.1) is 5.92 Å². The van der Waals surface area contributed by atoms with Gasteiger partial charge in [0.1, 0.15) is 5.82 Å². The van der Waals surface area contributed by atoms with Crippen LogP contribution >= 0.6 is 0 Å². The van der Waals surface area contributed by atoms with Crippen molar-refractivity contribution in [3.05, 3.63) is 24.4 Å². The standard InChI is InChI=1S/C11H15FN2/c12-9-10-4-7-14(8-5-10)11-3-1-2-6-13-11/h1-3,6,10H,4-5,7-9H2. The van der Waals surface area contributed by atoms with Crippen LogP contribution in [0.3, 0.4) is 0 Å². The maximum Gasteiger partial charge on any atom is 0.128 e. The maximum absolute atomic E-state index is 12.4. The van der Waals surface area contributed by atoms with Crippen molar-refractivity contribution >= 4 is 5.82 Å². The molecular formula is C11H15FN2. The van der Waals surface area contributed by atoms with E-state index in [2.05, 4.69) is 9.88 Å². The zero-order valence-corrected chi connectivity index (χ0v) is 8.19. The summed E-state index contributed by atoms with van der Waals surface area (Å²) in [6, 6.07) is 5.91. The highest BCUT2D eigenvalue weighted by molar-refractivity contribution is 5.37. The predicted octanol–water partition coefficient (Wildman–Crippen LogP) is 2.27. The Bertz CT molecular complexity index is 268. The Morgan fingerprint density at radius 2 is 2.14 bits per heavy atom. The molecule has 14 heavy (non-hydrogen) atoms. The van der Waals surface area contributed by atoms with Gasteiger partial charge in [-0.15, -0.1) is 0 Å². The number of pyridine rings is 1. The molecule has 0 spiro atoms. The number of hydrogen-bond acceptors (Lipinski definition) is 2. The van der Waals surface area contributed by atoms with Crippen LogP contribution in [0.25, 0.3) is 0 Å². The normalized spacial score (nSPS) is 18.5. The van der Waals surface area contributed by atoms with Crippen LogP contribution < -0.4 is 4.90 Å². The topological polar surface area (TPSA) is 16.1 Å². The quantitative estimate of drug-likeness (QED) is 0.718. The van der Waals surface area contributed by atoms with Gasteiger partial charge in [0.15, 0.2) is 0 Å². The van der Waals surface area contributed by atoms with E-state index in [1.54, 1.807) is 6.20 Å². The Balaban J connectivity index is 1.96. The SMILES string of the molecule is FCC1CCN(c2ccccn2)CC1. The van der Waals surface area contributed by atoms with Gasteiger partial charge in [-0.2, -0.15) is 0 Å². The molecule has 1 fully saturated rings. The van der Waals surface area contributed by atoms with Crippen LogP contribution in [0.5, 0.6) is 0 Å². The van der Waals surface area contributed by atoms with E-state index in [-0.39, 0.29) is 12.6 Å². The number of rotatable bonds is 2. The van der Waals surface area contributed by atoms with Gasteiger partial charge >= 0.3 is 0 Å². The molecular weight excluding hydrogens is 179 g/mol. The summed E-state index contributed by atoms with van der Waals surface area (Å²) in [6.07, 6.45) is 3.71. The van der Waals surface area contributed by atoms with Crippen LogP contribution in [-0.4, -0.2) is 24.7 Å². The van der Waals surface area contributed by atoms with Crippen molar-refractivity contribution in [1.29, 1.82) is 0 Å². The molecule has 0 atom stereocenters. The molecule has 0 N–H and O–H groups in total. The minimum Gasteiger partial charge on any atom is -0.357 e. The average molecular weight is 194 g/mol. The largest absolute Gasteiger partial charge is 0.357 e. The summed E-state index contributed by atoms with van der Waals surface area (Å²) < 4.78 is 12.4. The van der Waals surface area contributed by atoms with Crippen molar-refractivity contribution in [1.82, 2.24) is 4.98 Å². The Hall–Kier alpha value is -1.12. The van der Waals surface area contributed by atoms with Gasteiger partial charge in [-0.25, -0.2) is 4.98 Å². The van der Waals surface area contributed by atoms with Gasteiger partial charge in [-0.05, 0) is 30.9 Å². The lowest BCUT2D eigenvalue weighted by atomic mass is 9.98. The van der Waals surface area contributed by atoms with Gasteiger partial charge in [0, 0.05) is 19.3 Å². The second-order valence-electron chi connectivity index (χ2n) is 3.77. The van der Waals surface area contributed by atoms with Crippen LogP contribution in [0.2, 0.25) is 0 Å². The summed E-state index contributed by atoms with van der Waals surface area (Å²) >= 11 is 0. The van der Waals surface area contributed by atoms with Crippen LogP contribution in [0.15, 0.2) is 24.4 Å². The van der Waals surface area contributed by atoms with Gasteiger partial charge in [-0.3, -0.25) is 4.39 Å². The first-order valence-corrected chi connectivity index (χ1v) is 5.12. The summed E-state index contributed by atoms with van der Waals surface area (Å²) in [5, 5.41) is 0. The molecule has 3 heteroatoms. The van der Waals surface area contributed by atoms with E-state index in [1.807, 2.05) is 18.2 Å². The fraction of sp³-hybridized carbons (Fsp3) is 0.545. The van der Waals surface area contributed by atoms with E-state index in [1.165, 1.54) is 0 Å². The van der Waals surface area contributed by atoms with Crippen LogP contribution in [0.1, 0.15) is 12.8 Å². The minimum atomic E-state index is -0.171. The van der Waals surface area contributed by atoms with E-state index < -0.39 is 0 Å². The summed E-state index contributed by atoms with van der Waals surface area (Å²) in [5.41, 5.74) is 0. The molecule has 1 aromatic heterocycles. The fourth-order valence-electron chi connectivity index (χ4n) is 1.86. The number of piperidine rings is 1. The molecule has 0 bridgehead atoms. The molecule has 1 aromatic rings. The van der Waals surface area contributed by atoms with Crippen molar-refractivity contribution in [2.75, 3.05) is 24.7 Å². The summed E-state index contributed by atoms with van der Waals surface area (Å²) in [6.45, 7) is 1.70. The number of aromatic nitrogens is 1. The van der Waals surface area contributed by atoms with Gasteiger partial charge in [-0.1, -0.05) is 6.07 Å². The smallest absolute Gasteiger partial charge is 0.128 e. The first kappa shape index (κ1) is 9.44. The Morgan fingerprint density at radius 1 is 1.36 bits per heavy atom. The van der Waals surface area contributed by atoms with Crippen molar-refractivity contribution in [2.24, 2.45) is 5.92 Å². The number of nitrogens with zero attached hydrogens (tertiary/aromatic N) is 2. The van der Waals surface area contributed by atoms with Crippen LogP contribution in [0.4, 0.5) is 10.2 Å². The van der Waals surface area contributed by atoms with Crippen molar-refractivity contribution in [3.8, 4) is 0 Å². The Morgan fingerprint density at radius 3 is 2.71 bits per heavy atom. The molecule has 0 radical (unpaired) electrons. The molecule has 76 valence electrons. The Kier molecular flexibility index (Phi) is 2.96. The van der Waals surface area contributed by atoms with Gasteiger partial charge in [0.25, 0.3) is 0 Å². The van der Waals surface area contributed by atoms with E-state index in [0.717, 1.165) is 31.7 Å². The van der Waals surface area contributed by atoms with E-state index >= 15 is 0 Å². The Labute approximate surface area is 83.8 Å². The van der Waals surface area contributed by atoms with E-state index in [4.69, 9.17) is 0 Å². The third kappa shape index (κ3) is 2.03. The number of alkyl halides is 1. The molecule has 2 rings (SSSR count). The lowest BCUT2D eigenvalue weighted by molar-refractivity contribution is 0.307. The lowest BCUT2D eigenvalue weighted by Gasteiger charge is -2.31. The second kappa shape index (κ2) is 4.40. The number of halogens is 1. The maximum atomic E-state index is 12.4. The highest BCUT2D eigenvalue weighted by Crippen LogP contribution is 2.21. The monoisotopic (exact) mass is 194 g/mol. The minimum absolute atomic E-state index is 0.171. The second-order valence-corrected chi connectivity index (χ2v) is 3.77. The molecule has 0 aliphatic carbocycles. The molecule has 0 unspecified atom stereocenters. The van der Waals surface area contributed by atoms with Crippen LogP contribution in [-0.2, 0) is 0 Å². The zero-order valence-electron chi connectivity index (χ0n) is 8.19. The number of anilines is 1. The molecule has 2 heterocycles. The van der Waals surface area contributed by atoms with Gasteiger partial charge in [0.05, 0.1) is 6.67 Å². The highest BCUT2D eigenvalue weighted by Gasteiger charge is 2.19.